The molecule has 1 saturated carbocycles. The Morgan fingerprint density at radius 3 is 2.66 bits per heavy atom. The van der Waals surface area contributed by atoms with Gasteiger partial charge in [-0.2, -0.15) is 5.10 Å². The van der Waals surface area contributed by atoms with Crippen molar-refractivity contribution in [3.05, 3.63) is 41.6 Å². The molecule has 4 aliphatic rings. The Balaban J connectivity index is 1.30. The predicted octanol–water partition coefficient (Wildman–Crippen LogP) is 4.27. The van der Waals surface area contributed by atoms with Gasteiger partial charge in [0.05, 0.1) is 48.1 Å². The molecule has 0 unspecified atom stereocenters. The van der Waals surface area contributed by atoms with Gasteiger partial charge in [0, 0.05) is 55.9 Å². The minimum Gasteiger partial charge on any atom is -0.507 e. The molecule has 2 aromatic rings. The van der Waals surface area contributed by atoms with Gasteiger partial charge in [-0.15, -0.1) is 0 Å². The molecule has 1 amide bonds. The van der Waals surface area contributed by atoms with Gasteiger partial charge in [0.1, 0.15) is 5.75 Å². The van der Waals surface area contributed by atoms with Gasteiger partial charge in [0.15, 0.2) is 5.82 Å². The van der Waals surface area contributed by atoms with Crippen molar-refractivity contribution in [2.45, 2.75) is 57.7 Å². The molecule has 222 valence electrons. The van der Waals surface area contributed by atoms with Crippen LogP contribution in [0.15, 0.2) is 30.9 Å². The van der Waals surface area contributed by atoms with E-state index in [0.29, 0.717) is 30.4 Å². The van der Waals surface area contributed by atoms with E-state index in [1.54, 1.807) is 12.1 Å². The van der Waals surface area contributed by atoms with Crippen LogP contribution in [0.4, 0.5) is 5.82 Å². The molecule has 10 heteroatoms. The van der Waals surface area contributed by atoms with Crippen molar-refractivity contribution in [1.82, 2.24) is 19.6 Å². The Hall–Kier alpha value is -2.59. The summed E-state index contributed by atoms with van der Waals surface area (Å²) in [5.41, 5.74) is 2.55. The summed E-state index contributed by atoms with van der Waals surface area (Å²) in [5, 5.41) is 16.9. The lowest BCUT2D eigenvalue weighted by atomic mass is 9.60. The van der Waals surface area contributed by atoms with E-state index in [1.807, 2.05) is 11.0 Å². The number of aromatic nitrogens is 2. The van der Waals surface area contributed by atoms with Crippen LogP contribution in [0.2, 0.25) is 5.02 Å². The van der Waals surface area contributed by atoms with E-state index in [-0.39, 0.29) is 34.8 Å². The van der Waals surface area contributed by atoms with Gasteiger partial charge in [-0.1, -0.05) is 31.2 Å². The number of hydrogen-bond donors (Lipinski definition) is 1. The number of anilines is 1. The summed E-state index contributed by atoms with van der Waals surface area (Å²) in [6, 6.07) is 5.54. The lowest BCUT2D eigenvalue weighted by Gasteiger charge is -2.58. The monoisotopic (exact) mass is 583 g/mol. The molecular weight excluding hydrogens is 542 g/mol. The Labute approximate surface area is 247 Å². The van der Waals surface area contributed by atoms with Gasteiger partial charge >= 0.3 is 0 Å². The number of halogens is 1. The molecule has 41 heavy (non-hydrogen) atoms. The molecule has 4 heterocycles. The van der Waals surface area contributed by atoms with E-state index in [2.05, 4.69) is 41.8 Å². The first kappa shape index (κ1) is 28.5. The van der Waals surface area contributed by atoms with Crippen LogP contribution < -0.4 is 4.90 Å². The zero-order valence-corrected chi connectivity index (χ0v) is 25.2. The van der Waals surface area contributed by atoms with E-state index in [1.165, 1.54) is 6.08 Å². The zero-order valence-electron chi connectivity index (χ0n) is 24.4. The van der Waals surface area contributed by atoms with Crippen molar-refractivity contribution in [3.8, 4) is 16.9 Å². The fraction of sp³-hybridized carbons (Fsp3) is 0.613. The molecule has 0 bridgehead atoms. The lowest BCUT2D eigenvalue weighted by molar-refractivity contribution is -0.149. The molecule has 6 rings (SSSR count). The van der Waals surface area contributed by atoms with Gasteiger partial charge in [0.25, 0.3) is 0 Å². The number of phenolic OH excluding ortho intramolecular Hbond substituents is 1. The second kappa shape index (κ2) is 10.9. The summed E-state index contributed by atoms with van der Waals surface area (Å²) >= 11 is 6.76. The van der Waals surface area contributed by atoms with Crippen LogP contribution in [0.3, 0.4) is 0 Å². The minimum absolute atomic E-state index is 0.00804. The normalized spacial score (nSPS) is 26.6. The smallest absolute Gasteiger partial charge is 0.245 e. The van der Waals surface area contributed by atoms with E-state index in [4.69, 9.17) is 26.2 Å². The van der Waals surface area contributed by atoms with Crippen LogP contribution in [0, 0.1) is 12.3 Å². The molecular formula is C31H42ClN5O4. The number of hydrogen-bond acceptors (Lipinski definition) is 7. The lowest BCUT2D eigenvalue weighted by Crippen LogP contribution is -2.63. The van der Waals surface area contributed by atoms with Crippen molar-refractivity contribution in [1.29, 1.82) is 0 Å². The van der Waals surface area contributed by atoms with Gasteiger partial charge < -0.3 is 24.4 Å². The molecule has 2 atom stereocenters. The van der Waals surface area contributed by atoms with Crippen LogP contribution in [-0.2, 0) is 14.3 Å². The van der Waals surface area contributed by atoms with Crippen LogP contribution in [0.5, 0.6) is 5.75 Å². The topological polar surface area (TPSA) is 83.3 Å². The molecule has 4 fully saturated rings. The third-order valence-corrected chi connectivity index (χ3v) is 10.1. The number of nitrogens with zero attached hydrogens (tertiary/aromatic N) is 5. The molecule has 1 spiro atoms. The van der Waals surface area contributed by atoms with E-state index in [9.17, 15) is 9.90 Å². The molecule has 9 nitrogen and oxygen atoms in total. The summed E-state index contributed by atoms with van der Waals surface area (Å²) in [5.74, 6) is 1.05. The number of likely N-dealkylation sites (tertiary alicyclic amines) is 1. The molecule has 1 aliphatic carbocycles. The maximum absolute atomic E-state index is 12.0. The third kappa shape index (κ3) is 5.05. The average molecular weight is 584 g/mol. The first-order valence-electron chi connectivity index (χ1n) is 14.8. The molecule has 3 saturated heterocycles. The minimum atomic E-state index is -0.175. The number of ether oxygens (including phenoxy) is 2. The summed E-state index contributed by atoms with van der Waals surface area (Å²) in [6.45, 7) is 17.2. The summed E-state index contributed by atoms with van der Waals surface area (Å²) in [6.07, 6.45) is 4.39. The van der Waals surface area contributed by atoms with Gasteiger partial charge in [0.2, 0.25) is 5.91 Å². The SMILES string of the molecule is C=CC(=O)N1CC2(CC(n3nc(N4CCN(C[C@@H]5COCCO5)C[C@]4(C)CC)c(-c4c(O)cccc4Cl)c3C)C2)C1. The first-order valence-corrected chi connectivity index (χ1v) is 15.2. The highest BCUT2D eigenvalue weighted by molar-refractivity contribution is 6.34. The zero-order chi connectivity index (χ0) is 28.9. The Morgan fingerprint density at radius 1 is 1.22 bits per heavy atom. The maximum Gasteiger partial charge on any atom is 0.245 e. The highest BCUT2D eigenvalue weighted by atomic mass is 35.5. The van der Waals surface area contributed by atoms with Crippen LogP contribution in [0.1, 0.15) is 44.8 Å². The van der Waals surface area contributed by atoms with Crippen molar-refractivity contribution in [2.75, 3.05) is 64.0 Å². The summed E-state index contributed by atoms with van der Waals surface area (Å²) in [7, 11) is 0. The Bertz CT molecular complexity index is 1290. The summed E-state index contributed by atoms with van der Waals surface area (Å²) in [4.78, 5) is 18.8. The van der Waals surface area contributed by atoms with Crippen molar-refractivity contribution in [3.63, 3.8) is 0 Å². The largest absolute Gasteiger partial charge is 0.507 e. The highest BCUT2D eigenvalue weighted by Gasteiger charge is 2.54. The Kier molecular flexibility index (Phi) is 7.59. The molecule has 1 N–H and O–H groups in total. The number of carbonyl (C=O) groups is 1. The fourth-order valence-electron chi connectivity index (χ4n) is 7.43. The van der Waals surface area contributed by atoms with Crippen molar-refractivity contribution >= 4 is 23.3 Å². The fourth-order valence-corrected chi connectivity index (χ4v) is 7.69. The predicted molar refractivity (Wildman–Crippen MR) is 160 cm³/mol. The number of rotatable bonds is 7. The van der Waals surface area contributed by atoms with Crippen LogP contribution in [0.25, 0.3) is 11.1 Å². The number of amides is 1. The highest BCUT2D eigenvalue weighted by Crippen LogP contribution is 2.56. The standard InChI is InChI=1S/C31H42ClN5O4/c1-5-26(39)35-19-31(20-35)14-22(15-31)37-21(3)27(28-24(32)8-7-9-25(28)38)29(33-37)36-11-10-34(18-30(36,4)6-2)16-23-17-40-12-13-41-23/h5,7-9,22-23,38H,1,6,10-20H2,2-4H3/t23-,30+/m1/s1. The number of aromatic hydroxyl groups is 1. The second-order valence-corrected chi connectivity index (χ2v) is 13.0. The molecule has 1 aromatic carbocycles. The number of phenols is 1. The first-order chi connectivity index (χ1) is 19.7. The quantitative estimate of drug-likeness (QED) is 0.487. The van der Waals surface area contributed by atoms with E-state index < -0.39 is 0 Å². The van der Waals surface area contributed by atoms with Crippen LogP contribution in [-0.4, -0.2) is 101 Å². The Morgan fingerprint density at radius 2 is 2.00 bits per heavy atom. The number of carbonyl (C=O) groups excluding carboxylic acids is 1. The molecule has 0 radical (unpaired) electrons. The number of piperazine rings is 1. The van der Waals surface area contributed by atoms with E-state index >= 15 is 0 Å². The second-order valence-electron chi connectivity index (χ2n) is 12.6. The maximum atomic E-state index is 12.0. The number of benzene rings is 1. The van der Waals surface area contributed by atoms with Crippen molar-refractivity contribution in [2.24, 2.45) is 5.41 Å². The van der Waals surface area contributed by atoms with Gasteiger partial charge in [-0.25, -0.2) is 0 Å². The summed E-state index contributed by atoms with van der Waals surface area (Å²) < 4.78 is 13.8. The third-order valence-electron chi connectivity index (χ3n) is 9.81. The molecule has 3 aliphatic heterocycles. The average Bonchev–Trinajstić information content (AvgIpc) is 3.23. The van der Waals surface area contributed by atoms with Crippen molar-refractivity contribution < 1.29 is 19.4 Å². The van der Waals surface area contributed by atoms with Gasteiger partial charge in [-0.3, -0.25) is 14.4 Å². The van der Waals surface area contributed by atoms with Gasteiger partial charge in [-0.05, 0) is 51.3 Å². The van der Waals surface area contributed by atoms with Crippen LogP contribution >= 0.6 is 11.6 Å². The van der Waals surface area contributed by atoms with E-state index in [0.717, 1.165) is 75.6 Å². The molecule has 1 aromatic heterocycles.